The first kappa shape index (κ1) is 21.0. The van der Waals surface area contributed by atoms with Crippen molar-refractivity contribution in [1.82, 2.24) is 19.1 Å². The third kappa shape index (κ3) is 4.15. The standard InChI is InChI=1S/C21H20FN5O3S/c22-18-5-1-2-6-19(18)27-20(24-25-21(27)28)12-16-4-3-11-26(14-16)31(29,30)17-9-7-15(13-23)8-10-17/h1-2,5-10,16H,3-4,11-12,14H2,(H,25,28)/t16-/m0/s1. The molecule has 3 aromatic rings. The van der Waals surface area contributed by atoms with Crippen molar-refractivity contribution in [2.24, 2.45) is 5.92 Å². The van der Waals surface area contributed by atoms with Gasteiger partial charge in [-0.1, -0.05) is 12.1 Å². The second-order valence-electron chi connectivity index (χ2n) is 7.44. The Morgan fingerprint density at radius 1 is 1.19 bits per heavy atom. The largest absolute Gasteiger partial charge is 0.348 e. The van der Waals surface area contributed by atoms with Gasteiger partial charge in [-0.05, 0) is 55.2 Å². The van der Waals surface area contributed by atoms with Crippen LogP contribution in [0.25, 0.3) is 5.69 Å². The molecule has 1 fully saturated rings. The summed E-state index contributed by atoms with van der Waals surface area (Å²) >= 11 is 0. The molecule has 0 unspecified atom stereocenters. The van der Waals surface area contributed by atoms with Crippen LogP contribution in [0.1, 0.15) is 24.2 Å². The van der Waals surface area contributed by atoms with Gasteiger partial charge in [0.25, 0.3) is 0 Å². The average Bonchev–Trinajstić information content (AvgIpc) is 3.14. The maximum Gasteiger partial charge on any atom is 0.348 e. The van der Waals surface area contributed by atoms with E-state index in [2.05, 4.69) is 10.2 Å². The molecule has 160 valence electrons. The highest BCUT2D eigenvalue weighted by atomic mass is 32.2. The first-order chi connectivity index (χ1) is 14.9. The number of nitrogens with one attached hydrogen (secondary N) is 1. The zero-order chi connectivity index (χ0) is 22.0. The molecule has 0 bridgehead atoms. The Kier molecular flexibility index (Phi) is 5.71. The van der Waals surface area contributed by atoms with E-state index >= 15 is 0 Å². The molecule has 31 heavy (non-hydrogen) atoms. The lowest BCUT2D eigenvalue weighted by Gasteiger charge is -2.31. The monoisotopic (exact) mass is 441 g/mol. The predicted molar refractivity (Wildman–Crippen MR) is 110 cm³/mol. The molecule has 1 aliphatic heterocycles. The Morgan fingerprint density at radius 2 is 1.94 bits per heavy atom. The van der Waals surface area contributed by atoms with E-state index in [4.69, 9.17) is 5.26 Å². The number of sulfonamides is 1. The number of para-hydroxylation sites is 1. The summed E-state index contributed by atoms with van der Waals surface area (Å²) in [6.45, 7) is 0.653. The number of halogens is 1. The molecule has 1 atom stereocenters. The molecule has 0 saturated carbocycles. The summed E-state index contributed by atoms with van der Waals surface area (Å²) in [6.07, 6.45) is 1.75. The van der Waals surface area contributed by atoms with Gasteiger partial charge >= 0.3 is 5.69 Å². The molecule has 1 saturated heterocycles. The van der Waals surface area contributed by atoms with E-state index < -0.39 is 21.5 Å². The van der Waals surface area contributed by atoms with Crippen molar-refractivity contribution in [3.63, 3.8) is 0 Å². The highest BCUT2D eigenvalue weighted by molar-refractivity contribution is 7.89. The fraction of sp³-hybridized carbons (Fsp3) is 0.286. The SMILES string of the molecule is N#Cc1ccc(S(=O)(=O)N2CCC[C@@H](Cc3n[nH]c(=O)n3-c3ccccc3F)C2)cc1. The van der Waals surface area contributed by atoms with Crippen molar-refractivity contribution in [3.8, 4) is 11.8 Å². The molecule has 0 aliphatic carbocycles. The van der Waals surface area contributed by atoms with Crippen molar-refractivity contribution in [1.29, 1.82) is 5.26 Å². The number of piperidine rings is 1. The fourth-order valence-electron chi connectivity index (χ4n) is 3.87. The van der Waals surface area contributed by atoms with Crippen LogP contribution in [-0.4, -0.2) is 40.6 Å². The average molecular weight is 441 g/mol. The van der Waals surface area contributed by atoms with Crippen LogP contribution in [-0.2, 0) is 16.4 Å². The van der Waals surface area contributed by atoms with E-state index in [1.165, 1.54) is 51.3 Å². The van der Waals surface area contributed by atoms with Gasteiger partial charge in [-0.3, -0.25) is 0 Å². The molecule has 4 rings (SSSR count). The Labute approximate surface area is 178 Å². The molecule has 0 radical (unpaired) electrons. The molecule has 8 nitrogen and oxygen atoms in total. The summed E-state index contributed by atoms with van der Waals surface area (Å²) in [7, 11) is -3.71. The first-order valence-electron chi connectivity index (χ1n) is 9.81. The third-order valence-electron chi connectivity index (χ3n) is 5.41. The number of aromatic nitrogens is 3. The predicted octanol–water partition coefficient (Wildman–Crippen LogP) is 2.21. The molecule has 2 aromatic carbocycles. The van der Waals surface area contributed by atoms with Crippen molar-refractivity contribution in [2.45, 2.75) is 24.2 Å². The Hall–Kier alpha value is -3.29. The summed E-state index contributed by atoms with van der Waals surface area (Å²) in [4.78, 5) is 12.4. The number of benzene rings is 2. The van der Waals surface area contributed by atoms with Gasteiger partial charge in [0, 0.05) is 19.5 Å². The van der Waals surface area contributed by atoms with Crippen molar-refractivity contribution < 1.29 is 12.8 Å². The Morgan fingerprint density at radius 3 is 2.65 bits per heavy atom. The van der Waals surface area contributed by atoms with Crippen molar-refractivity contribution in [2.75, 3.05) is 13.1 Å². The smallest absolute Gasteiger partial charge is 0.246 e. The van der Waals surface area contributed by atoms with Crippen LogP contribution in [0.4, 0.5) is 4.39 Å². The van der Waals surface area contributed by atoms with E-state index in [0.717, 1.165) is 6.42 Å². The highest BCUT2D eigenvalue weighted by Crippen LogP contribution is 2.26. The number of H-pyrrole nitrogens is 1. The van der Waals surface area contributed by atoms with Gasteiger partial charge in [0.15, 0.2) is 0 Å². The molecule has 1 N–H and O–H groups in total. The molecule has 10 heteroatoms. The minimum absolute atomic E-state index is 0.0809. The summed E-state index contributed by atoms with van der Waals surface area (Å²) in [5, 5.41) is 15.3. The topological polar surface area (TPSA) is 112 Å². The number of nitriles is 1. The van der Waals surface area contributed by atoms with Crippen molar-refractivity contribution >= 4 is 10.0 Å². The van der Waals surface area contributed by atoms with E-state index in [1.54, 1.807) is 6.07 Å². The molecule has 1 aliphatic rings. The maximum atomic E-state index is 14.2. The van der Waals surface area contributed by atoms with Crippen LogP contribution in [0.2, 0.25) is 0 Å². The molecule has 2 heterocycles. The van der Waals surface area contributed by atoms with Gasteiger partial charge in [-0.25, -0.2) is 27.3 Å². The van der Waals surface area contributed by atoms with Crippen LogP contribution in [0.15, 0.2) is 58.2 Å². The molecular formula is C21H20FN5O3S. The van der Waals surface area contributed by atoms with Crippen LogP contribution >= 0.6 is 0 Å². The van der Waals surface area contributed by atoms with Crippen molar-refractivity contribution in [3.05, 3.63) is 76.2 Å². The van der Waals surface area contributed by atoms with Gasteiger partial charge in [-0.2, -0.15) is 14.7 Å². The summed E-state index contributed by atoms with van der Waals surface area (Å²) in [5.74, 6) is -0.263. The molecule has 0 amide bonds. The van der Waals surface area contributed by atoms with E-state index in [-0.39, 0.29) is 23.0 Å². The lowest BCUT2D eigenvalue weighted by molar-refractivity contribution is 0.262. The molecular weight excluding hydrogens is 421 g/mol. The maximum absolute atomic E-state index is 14.2. The first-order valence-corrected chi connectivity index (χ1v) is 11.3. The summed E-state index contributed by atoms with van der Waals surface area (Å²) in [6, 6.07) is 13.7. The van der Waals surface area contributed by atoms with Crippen LogP contribution in [0.3, 0.4) is 0 Å². The third-order valence-corrected chi connectivity index (χ3v) is 7.29. The van der Waals surface area contributed by atoms with E-state index in [0.29, 0.717) is 30.8 Å². The quantitative estimate of drug-likeness (QED) is 0.653. The van der Waals surface area contributed by atoms with Crippen LogP contribution in [0, 0.1) is 23.1 Å². The molecule has 0 spiro atoms. The minimum atomic E-state index is -3.71. The Bertz CT molecular complexity index is 1290. The van der Waals surface area contributed by atoms with Gasteiger partial charge < -0.3 is 0 Å². The number of rotatable bonds is 5. The van der Waals surface area contributed by atoms with Gasteiger partial charge in [0.2, 0.25) is 10.0 Å². The second-order valence-corrected chi connectivity index (χ2v) is 9.38. The van der Waals surface area contributed by atoms with Gasteiger partial charge in [0.1, 0.15) is 11.6 Å². The summed E-state index contributed by atoms with van der Waals surface area (Å²) in [5.41, 5.74) is -0.0489. The normalized spacial score (nSPS) is 17.4. The highest BCUT2D eigenvalue weighted by Gasteiger charge is 2.31. The summed E-state index contributed by atoms with van der Waals surface area (Å²) < 4.78 is 42.9. The number of hydrogen-bond acceptors (Lipinski definition) is 5. The van der Waals surface area contributed by atoms with E-state index in [1.807, 2.05) is 6.07 Å². The lowest BCUT2D eigenvalue weighted by Crippen LogP contribution is -2.40. The Balaban J connectivity index is 1.56. The van der Waals surface area contributed by atoms with Crippen LogP contribution in [0.5, 0.6) is 0 Å². The fourth-order valence-corrected chi connectivity index (χ4v) is 5.42. The lowest BCUT2D eigenvalue weighted by atomic mass is 9.96. The second kappa shape index (κ2) is 8.45. The molecule has 1 aromatic heterocycles. The zero-order valence-corrected chi connectivity index (χ0v) is 17.3. The minimum Gasteiger partial charge on any atom is -0.246 e. The van der Waals surface area contributed by atoms with Gasteiger partial charge in [0.05, 0.1) is 22.2 Å². The number of hydrogen-bond donors (Lipinski definition) is 1. The van der Waals surface area contributed by atoms with Crippen LogP contribution < -0.4 is 5.69 Å². The van der Waals surface area contributed by atoms with E-state index in [9.17, 15) is 17.6 Å². The number of aromatic amines is 1. The zero-order valence-electron chi connectivity index (χ0n) is 16.5. The number of nitrogens with zero attached hydrogens (tertiary/aromatic N) is 4. The van der Waals surface area contributed by atoms with Gasteiger partial charge in [-0.15, -0.1) is 0 Å².